The number of carbonyl (C=O) groups excluding carboxylic acids is 2. The maximum Gasteiger partial charge on any atom is 0.251 e. The maximum absolute atomic E-state index is 12.1. The number of benzene rings is 1. The third kappa shape index (κ3) is 4.85. The Labute approximate surface area is 135 Å². The lowest BCUT2D eigenvalue weighted by atomic mass is 10.2. The normalized spacial score (nSPS) is 16.7. The molecular weight excluding hydrogens is 300 g/mol. The zero-order valence-corrected chi connectivity index (χ0v) is 13.4. The van der Waals surface area contributed by atoms with Gasteiger partial charge in [-0.2, -0.15) is 0 Å². The molecule has 1 saturated heterocycles. The standard InChI is InChI=1S/C16H22N2O5/c1-21-13-6-5-11(8-14(13)22-2)16(20)18-10-15(19)17-9-12-4-3-7-23-12/h5-6,8,12H,3-4,7,9-10H2,1-2H3,(H,17,19)(H,18,20). The Morgan fingerprint density at radius 1 is 1.22 bits per heavy atom. The molecule has 0 aliphatic carbocycles. The van der Waals surface area contributed by atoms with Gasteiger partial charge in [0.15, 0.2) is 11.5 Å². The van der Waals surface area contributed by atoms with Crippen molar-refractivity contribution in [3.05, 3.63) is 23.8 Å². The van der Waals surface area contributed by atoms with Crippen LogP contribution in [0.1, 0.15) is 23.2 Å². The van der Waals surface area contributed by atoms with Gasteiger partial charge in [-0.15, -0.1) is 0 Å². The van der Waals surface area contributed by atoms with Crippen molar-refractivity contribution in [3.63, 3.8) is 0 Å². The molecule has 1 atom stereocenters. The molecule has 1 aromatic carbocycles. The Balaban J connectivity index is 1.80. The summed E-state index contributed by atoms with van der Waals surface area (Å²) in [4.78, 5) is 23.8. The van der Waals surface area contributed by atoms with Crippen LogP contribution in [0, 0.1) is 0 Å². The van der Waals surface area contributed by atoms with Crippen molar-refractivity contribution in [2.45, 2.75) is 18.9 Å². The van der Waals surface area contributed by atoms with Gasteiger partial charge >= 0.3 is 0 Å². The Hall–Kier alpha value is -2.28. The molecule has 1 aliphatic heterocycles. The summed E-state index contributed by atoms with van der Waals surface area (Å²) in [5.74, 6) is 0.411. The summed E-state index contributed by atoms with van der Waals surface area (Å²) >= 11 is 0. The molecule has 1 heterocycles. The molecular formula is C16H22N2O5. The Kier molecular flexibility index (Phi) is 6.22. The largest absolute Gasteiger partial charge is 0.493 e. The highest BCUT2D eigenvalue weighted by Gasteiger charge is 2.16. The van der Waals surface area contributed by atoms with Gasteiger partial charge in [-0.25, -0.2) is 0 Å². The number of rotatable bonds is 7. The van der Waals surface area contributed by atoms with E-state index in [2.05, 4.69) is 10.6 Å². The van der Waals surface area contributed by atoms with Crippen LogP contribution in [0.15, 0.2) is 18.2 Å². The van der Waals surface area contributed by atoms with Crippen molar-refractivity contribution in [2.75, 3.05) is 33.9 Å². The van der Waals surface area contributed by atoms with Crippen molar-refractivity contribution in [2.24, 2.45) is 0 Å². The number of amides is 2. The van der Waals surface area contributed by atoms with Crippen LogP contribution in [0.3, 0.4) is 0 Å². The van der Waals surface area contributed by atoms with Crippen molar-refractivity contribution in [3.8, 4) is 11.5 Å². The van der Waals surface area contributed by atoms with Crippen LogP contribution in [0.2, 0.25) is 0 Å². The van der Waals surface area contributed by atoms with E-state index in [-0.39, 0.29) is 24.5 Å². The van der Waals surface area contributed by atoms with Gasteiger partial charge in [-0.3, -0.25) is 9.59 Å². The van der Waals surface area contributed by atoms with Crippen LogP contribution in [0.4, 0.5) is 0 Å². The minimum atomic E-state index is -0.349. The summed E-state index contributed by atoms with van der Waals surface area (Å²) in [7, 11) is 3.02. The van der Waals surface area contributed by atoms with Crippen LogP contribution >= 0.6 is 0 Å². The summed E-state index contributed by atoms with van der Waals surface area (Å²) in [5, 5.41) is 5.32. The Morgan fingerprint density at radius 3 is 2.65 bits per heavy atom. The van der Waals surface area contributed by atoms with E-state index in [4.69, 9.17) is 14.2 Å². The summed E-state index contributed by atoms with van der Waals surface area (Å²) in [6.07, 6.45) is 2.06. The van der Waals surface area contributed by atoms with Crippen molar-refractivity contribution in [1.29, 1.82) is 0 Å². The first-order valence-corrected chi connectivity index (χ1v) is 7.52. The minimum Gasteiger partial charge on any atom is -0.493 e. The highest BCUT2D eigenvalue weighted by atomic mass is 16.5. The van der Waals surface area contributed by atoms with Crippen molar-refractivity contribution >= 4 is 11.8 Å². The smallest absolute Gasteiger partial charge is 0.251 e. The molecule has 0 spiro atoms. The first-order valence-electron chi connectivity index (χ1n) is 7.52. The van der Waals surface area contributed by atoms with E-state index in [0.717, 1.165) is 19.4 Å². The molecule has 2 rings (SSSR count). The van der Waals surface area contributed by atoms with Gasteiger partial charge in [0.2, 0.25) is 5.91 Å². The average Bonchev–Trinajstić information content (AvgIpc) is 3.10. The number of ether oxygens (including phenoxy) is 3. The first kappa shape index (κ1) is 17.1. The van der Waals surface area contributed by atoms with Crippen molar-refractivity contribution < 1.29 is 23.8 Å². The molecule has 0 saturated carbocycles. The van der Waals surface area contributed by atoms with Gasteiger partial charge in [0.05, 0.1) is 26.9 Å². The third-order valence-corrected chi connectivity index (χ3v) is 3.61. The molecule has 1 aromatic rings. The number of hydrogen-bond donors (Lipinski definition) is 2. The van der Waals surface area contributed by atoms with E-state index >= 15 is 0 Å². The molecule has 2 amide bonds. The second-order valence-electron chi connectivity index (χ2n) is 5.19. The van der Waals surface area contributed by atoms with Gasteiger partial charge in [0.1, 0.15) is 0 Å². The quantitative estimate of drug-likeness (QED) is 0.773. The SMILES string of the molecule is COc1ccc(C(=O)NCC(=O)NCC2CCCO2)cc1OC. The fraction of sp³-hybridized carbons (Fsp3) is 0.500. The van der Waals surface area contributed by atoms with E-state index in [0.29, 0.717) is 23.6 Å². The zero-order valence-electron chi connectivity index (χ0n) is 13.4. The van der Waals surface area contributed by atoms with Crippen LogP contribution in [-0.4, -0.2) is 51.8 Å². The van der Waals surface area contributed by atoms with Crippen LogP contribution in [-0.2, 0) is 9.53 Å². The minimum absolute atomic E-state index is 0.0834. The van der Waals surface area contributed by atoms with Gasteiger partial charge in [-0.05, 0) is 31.0 Å². The molecule has 23 heavy (non-hydrogen) atoms. The van der Waals surface area contributed by atoms with Crippen LogP contribution < -0.4 is 20.1 Å². The summed E-state index contributed by atoms with van der Waals surface area (Å²) in [6.45, 7) is 1.14. The zero-order chi connectivity index (χ0) is 16.7. The number of nitrogens with one attached hydrogen (secondary N) is 2. The first-order chi connectivity index (χ1) is 11.1. The molecule has 0 radical (unpaired) electrons. The van der Waals surface area contributed by atoms with Crippen molar-refractivity contribution in [1.82, 2.24) is 10.6 Å². The van der Waals surface area contributed by atoms with E-state index in [1.165, 1.54) is 14.2 Å². The highest BCUT2D eigenvalue weighted by molar-refractivity contribution is 5.97. The third-order valence-electron chi connectivity index (χ3n) is 3.61. The molecule has 1 unspecified atom stereocenters. The van der Waals surface area contributed by atoms with Gasteiger partial charge < -0.3 is 24.8 Å². The molecule has 126 valence electrons. The molecule has 0 aromatic heterocycles. The second-order valence-corrected chi connectivity index (χ2v) is 5.19. The molecule has 1 fully saturated rings. The molecule has 1 aliphatic rings. The average molecular weight is 322 g/mol. The Bertz CT molecular complexity index is 555. The molecule has 2 N–H and O–H groups in total. The van der Waals surface area contributed by atoms with Gasteiger partial charge in [0, 0.05) is 18.7 Å². The lowest BCUT2D eigenvalue weighted by molar-refractivity contribution is -0.120. The highest BCUT2D eigenvalue weighted by Crippen LogP contribution is 2.27. The maximum atomic E-state index is 12.1. The predicted octanol–water partition coefficient (Wildman–Crippen LogP) is 0.729. The predicted molar refractivity (Wildman–Crippen MR) is 83.9 cm³/mol. The van der Waals surface area contributed by atoms with Crippen LogP contribution in [0.5, 0.6) is 11.5 Å². The fourth-order valence-corrected chi connectivity index (χ4v) is 2.34. The lowest BCUT2D eigenvalue weighted by Crippen LogP contribution is -2.39. The summed E-state index contributed by atoms with van der Waals surface area (Å²) < 4.78 is 15.7. The monoisotopic (exact) mass is 322 g/mol. The van der Waals surface area contributed by atoms with E-state index in [1.807, 2.05) is 0 Å². The molecule has 7 heteroatoms. The van der Waals surface area contributed by atoms with E-state index < -0.39 is 0 Å². The topological polar surface area (TPSA) is 85.9 Å². The fourth-order valence-electron chi connectivity index (χ4n) is 2.34. The Morgan fingerprint density at radius 2 is 2.00 bits per heavy atom. The molecule has 0 bridgehead atoms. The van der Waals surface area contributed by atoms with Crippen LogP contribution in [0.25, 0.3) is 0 Å². The number of methoxy groups -OCH3 is 2. The second kappa shape index (κ2) is 8.38. The summed E-state index contributed by atoms with van der Waals surface area (Å²) in [5.41, 5.74) is 0.398. The molecule has 7 nitrogen and oxygen atoms in total. The van der Waals surface area contributed by atoms with E-state index in [1.54, 1.807) is 18.2 Å². The lowest BCUT2D eigenvalue weighted by Gasteiger charge is -2.12. The number of carbonyl (C=O) groups is 2. The van der Waals surface area contributed by atoms with Gasteiger partial charge in [0.25, 0.3) is 5.91 Å². The van der Waals surface area contributed by atoms with Gasteiger partial charge in [-0.1, -0.05) is 0 Å². The number of hydrogen-bond acceptors (Lipinski definition) is 5. The van der Waals surface area contributed by atoms with E-state index in [9.17, 15) is 9.59 Å². The summed E-state index contributed by atoms with van der Waals surface area (Å²) in [6, 6.07) is 4.82.